The van der Waals surface area contributed by atoms with Crippen LogP contribution in [-0.4, -0.2) is 69.5 Å². The predicted octanol–water partition coefficient (Wildman–Crippen LogP) is 2.28. The van der Waals surface area contributed by atoms with Crippen molar-refractivity contribution in [3.05, 3.63) is 32.5 Å². The zero-order chi connectivity index (χ0) is 17.9. The quantitative estimate of drug-likeness (QED) is 0.511. The molecule has 0 unspecified atom stereocenters. The van der Waals surface area contributed by atoms with Crippen molar-refractivity contribution < 1.29 is 18.8 Å². The molecular formula is C15H21BrFN3O4. The fourth-order valence-electron chi connectivity index (χ4n) is 2.93. The van der Waals surface area contributed by atoms with Gasteiger partial charge in [0.15, 0.2) is 0 Å². The first-order chi connectivity index (χ1) is 11.4. The second-order valence-corrected chi connectivity index (χ2v) is 6.59. The van der Waals surface area contributed by atoms with Gasteiger partial charge in [-0.05, 0) is 23.0 Å². The predicted molar refractivity (Wildman–Crippen MR) is 92.1 cm³/mol. The van der Waals surface area contributed by atoms with Crippen LogP contribution in [0.4, 0.5) is 15.8 Å². The largest absolute Gasteiger partial charge is 0.383 e. The minimum absolute atomic E-state index is 0.0384. The fraction of sp³-hybridized carbons (Fsp3) is 0.600. The van der Waals surface area contributed by atoms with Gasteiger partial charge in [-0.1, -0.05) is 0 Å². The molecule has 7 nitrogen and oxygen atoms in total. The molecule has 1 fully saturated rings. The van der Waals surface area contributed by atoms with Gasteiger partial charge in [-0.15, -0.1) is 0 Å². The van der Waals surface area contributed by atoms with E-state index in [0.29, 0.717) is 26.2 Å². The summed E-state index contributed by atoms with van der Waals surface area (Å²) in [4.78, 5) is 14.7. The summed E-state index contributed by atoms with van der Waals surface area (Å²) in [6, 6.07) is 2.44. The summed E-state index contributed by atoms with van der Waals surface area (Å²) >= 11 is 3.00. The molecule has 1 saturated heterocycles. The minimum atomic E-state index is -0.527. The molecule has 24 heavy (non-hydrogen) atoms. The molecule has 1 heterocycles. The lowest BCUT2D eigenvalue weighted by molar-refractivity contribution is -0.384. The number of rotatable bonds is 7. The van der Waals surface area contributed by atoms with Crippen LogP contribution in [0, 0.1) is 15.9 Å². The highest BCUT2D eigenvalue weighted by Crippen LogP contribution is 2.36. The topological polar surface area (TPSA) is 68.1 Å². The number of nitro benzene ring substituents is 1. The van der Waals surface area contributed by atoms with Crippen LogP contribution in [-0.2, 0) is 9.47 Å². The molecule has 134 valence electrons. The van der Waals surface area contributed by atoms with E-state index in [-0.39, 0.29) is 28.0 Å². The van der Waals surface area contributed by atoms with Crippen molar-refractivity contribution in [2.75, 3.05) is 52.4 Å². The maximum atomic E-state index is 13.9. The second kappa shape index (κ2) is 8.19. The Bertz CT molecular complexity index is 604. The highest BCUT2D eigenvalue weighted by molar-refractivity contribution is 9.10. The van der Waals surface area contributed by atoms with Crippen LogP contribution >= 0.6 is 15.9 Å². The van der Waals surface area contributed by atoms with Gasteiger partial charge < -0.3 is 14.4 Å². The number of nitrogens with zero attached hydrogens (tertiary/aromatic N) is 3. The lowest BCUT2D eigenvalue weighted by Gasteiger charge is -2.27. The summed E-state index contributed by atoms with van der Waals surface area (Å²) in [7, 11) is 5.20. The highest BCUT2D eigenvalue weighted by atomic mass is 79.9. The third-order valence-electron chi connectivity index (χ3n) is 4.31. The Morgan fingerprint density at radius 1 is 1.46 bits per heavy atom. The van der Waals surface area contributed by atoms with E-state index in [9.17, 15) is 14.5 Å². The van der Waals surface area contributed by atoms with Crippen LogP contribution in [0.25, 0.3) is 0 Å². The average molecular weight is 406 g/mol. The first-order valence-electron chi connectivity index (χ1n) is 7.49. The van der Waals surface area contributed by atoms with Crippen LogP contribution in [0.3, 0.4) is 0 Å². The molecule has 0 aliphatic carbocycles. The molecular weight excluding hydrogens is 385 g/mol. The Hall–Kier alpha value is -1.29. The van der Waals surface area contributed by atoms with Crippen molar-refractivity contribution in [2.24, 2.45) is 0 Å². The van der Waals surface area contributed by atoms with E-state index >= 15 is 0 Å². The maximum absolute atomic E-state index is 13.9. The van der Waals surface area contributed by atoms with Crippen LogP contribution < -0.4 is 4.90 Å². The molecule has 1 aliphatic rings. The van der Waals surface area contributed by atoms with Gasteiger partial charge >= 0.3 is 0 Å². The SMILES string of the molecule is COCCN(C)[C@@H]1CN(c2cc(F)c(Br)cc2[N+](=O)[O-])C[C@H]1OC. The van der Waals surface area contributed by atoms with E-state index in [1.807, 2.05) is 7.05 Å². The third kappa shape index (κ3) is 4.02. The normalized spacial score (nSPS) is 20.8. The number of anilines is 1. The van der Waals surface area contributed by atoms with Gasteiger partial charge in [0.25, 0.3) is 5.69 Å². The monoisotopic (exact) mass is 405 g/mol. The Morgan fingerprint density at radius 3 is 2.75 bits per heavy atom. The van der Waals surface area contributed by atoms with E-state index in [2.05, 4.69) is 20.8 Å². The van der Waals surface area contributed by atoms with Crippen molar-refractivity contribution in [2.45, 2.75) is 12.1 Å². The first kappa shape index (κ1) is 19.0. The van der Waals surface area contributed by atoms with E-state index in [0.717, 1.165) is 0 Å². The van der Waals surface area contributed by atoms with Crippen LogP contribution in [0.5, 0.6) is 0 Å². The zero-order valence-corrected chi connectivity index (χ0v) is 15.5. The van der Waals surface area contributed by atoms with E-state index < -0.39 is 10.7 Å². The first-order valence-corrected chi connectivity index (χ1v) is 8.28. The Morgan fingerprint density at radius 2 is 2.17 bits per heavy atom. The Balaban J connectivity index is 2.27. The standard InChI is InChI=1S/C15H21BrFN3O4/c1-18(4-5-23-2)14-8-19(9-15(14)24-3)12-7-11(17)10(16)6-13(12)20(21)22/h6-7,14-15H,4-5,8-9H2,1-3H3/t14-,15-/m1/s1. The van der Waals surface area contributed by atoms with Crippen LogP contribution in [0.15, 0.2) is 16.6 Å². The lowest BCUT2D eigenvalue weighted by Crippen LogP contribution is -2.43. The van der Waals surface area contributed by atoms with Gasteiger partial charge in [-0.2, -0.15) is 0 Å². The zero-order valence-electron chi connectivity index (χ0n) is 13.9. The maximum Gasteiger partial charge on any atom is 0.293 e. The van der Waals surface area contributed by atoms with Gasteiger partial charge in [0.1, 0.15) is 11.5 Å². The number of halogens is 2. The third-order valence-corrected chi connectivity index (χ3v) is 4.92. The number of methoxy groups -OCH3 is 2. The molecule has 0 bridgehead atoms. The molecule has 0 aromatic heterocycles. The molecule has 0 N–H and O–H groups in total. The molecule has 0 spiro atoms. The number of ether oxygens (including phenoxy) is 2. The van der Waals surface area contributed by atoms with Crippen molar-refractivity contribution >= 4 is 27.3 Å². The lowest BCUT2D eigenvalue weighted by atomic mass is 10.2. The van der Waals surface area contributed by atoms with Crippen LogP contribution in [0.2, 0.25) is 0 Å². The molecule has 0 amide bonds. The summed E-state index contributed by atoms with van der Waals surface area (Å²) in [6.07, 6.45) is -0.127. The molecule has 0 saturated carbocycles. The van der Waals surface area contributed by atoms with Gasteiger partial charge in [0, 0.05) is 46.0 Å². The Kier molecular flexibility index (Phi) is 6.50. The summed E-state index contributed by atoms with van der Waals surface area (Å²) in [5.41, 5.74) is 0.142. The van der Waals surface area contributed by atoms with Gasteiger partial charge in [-0.25, -0.2) is 4.39 Å². The highest BCUT2D eigenvalue weighted by Gasteiger charge is 2.38. The number of hydrogen-bond donors (Lipinski definition) is 0. The van der Waals surface area contributed by atoms with Crippen LogP contribution in [0.1, 0.15) is 0 Å². The molecule has 1 aliphatic heterocycles. The Labute approximate surface area is 148 Å². The van der Waals surface area contributed by atoms with Crippen molar-refractivity contribution in [3.8, 4) is 0 Å². The van der Waals surface area contributed by atoms with E-state index in [1.54, 1.807) is 19.1 Å². The molecule has 2 rings (SSSR count). The number of likely N-dealkylation sites (N-methyl/N-ethyl adjacent to an activating group) is 1. The summed E-state index contributed by atoms with van der Waals surface area (Å²) in [5.74, 6) is -0.527. The van der Waals surface area contributed by atoms with E-state index in [4.69, 9.17) is 9.47 Å². The fourth-order valence-corrected chi connectivity index (χ4v) is 3.27. The molecule has 9 heteroatoms. The average Bonchev–Trinajstić information content (AvgIpc) is 2.98. The summed E-state index contributed by atoms with van der Waals surface area (Å²) < 4.78 is 24.6. The number of benzene rings is 1. The van der Waals surface area contributed by atoms with E-state index in [1.165, 1.54) is 12.1 Å². The minimum Gasteiger partial charge on any atom is -0.383 e. The van der Waals surface area contributed by atoms with Gasteiger partial charge in [0.2, 0.25) is 0 Å². The number of hydrogen-bond acceptors (Lipinski definition) is 6. The second-order valence-electron chi connectivity index (χ2n) is 5.73. The smallest absolute Gasteiger partial charge is 0.293 e. The molecule has 1 aromatic rings. The van der Waals surface area contributed by atoms with Crippen molar-refractivity contribution in [3.63, 3.8) is 0 Å². The number of nitro groups is 1. The van der Waals surface area contributed by atoms with Gasteiger partial charge in [0.05, 0.1) is 28.1 Å². The van der Waals surface area contributed by atoms with Gasteiger partial charge in [-0.3, -0.25) is 15.0 Å². The molecule has 1 aromatic carbocycles. The molecule has 0 radical (unpaired) electrons. The van der Waals surface area contributed by atoms with Crippen molar-refractivity contribution in [1.29, 1.82) is 0 Å². The molecule has 2 atom stereocenters. The van der Waals surface area contributed by atoms with Crippen molar-refractivity contribution in [1.82, 2.24) is 4.90 Å². The summed E-state index contributed by atoms with van der Waals surface area (Å²) in [6.45, 7) is 2.27. The summed E-state index contributed by atoms with van der Waals surface area (Å²) in [5, 5.41) is 11.3.